The van der Waals surface area contributed by atoms with E-state index in [-0.39, 0.29) is 12.5 Å². The number of aliphatic hydroxyl groups is 1. The molecule has 0 aromatic rings. The van der Waals surface area contributed by atoms with E-state index in [0.717, 1.165) is 13.1 Å². The zero-order valence-corrected chi connectivity index (χ0v) is 10.2. The zero-order valence-electron chi connectivity index (χ0n) is 10.2. The van der Waals surface area contributed by atoms with Gasteiger partial charge in [0.2, 0.25) is 5.91 Å². The maximum absolute atomic E-state index is 11.9. The third kappa shape index (κ3) is 3.41. The standard InChI is InChI=1S/C11H20N2O4/c1-10(3-5-12-6-4-10)8(14)13-7-11(2,17)9(15)16/h12,17H,3-7H2,1-2H3,(H,13,14)(H,15,16). The molecule has 4 N–H and O–H groups in total. The molecule has 0 spiro atoms. The van der Waals surface area contributed by atoms with Gasteiger partial charge in [0.25, 0.3) is 0 Å². The van der Waals surface area contributed by atoms with Crippen LogP contribution in [0.15, 0.2) is 0 Å². The van der Waals surface area contributed by atoms with Crippen molar-refractivity contribution in [2.45, 2.75) is 32.3 Å². The summed E-state index contributed by atoms with van der Waals surface area (Å²) in [5, 5.41) is 23.9. The molecule has 0 saturated carbocycles. The van der Waals surface area contributed by atoms with Crippen LogP contribution in [0.3, 0.4) is 0 Å². The van der Waals surface area contributed by atoms with Crippen molar-refractivity contribution < 1.29 is 19.8 Å². The van der Waals surface area contributed by atoms with Crippen LogP contribution in [-0.4, -0.2) is 47.3 Å². The van der Waals surface area contributed by atoms with Gasteiger partial charge in [-0.2, -0.15) is 0 Å². The maximum Gasteiger partial charge on any atom is 0.337 e. The molecule has 0 bridgehead atoms. The van der Waals surface area contributed by atoms with Gasteiger partial charge in [-0.3, -0.25) is 4.79 Å². The number of carboxylic acid groups (broad SMARTS) is 1. The molecule has 98 valence electrons. The molecule has 1 fully saturated rings. The number of hydrogen-bond acceptors (Lipinski definition) is 4. The SMILES string of the molecule is CC(O)(CNC(=O)C1(C)CCNCC1)C(=O)O. The summed E-state index contributed by atoms with van der Waals surface area (Å²) in [6.45, 7) is 4.31. The number of aliphatic carboxylic acids is 1. The quantitative estimate of drug-likeness (QED) is 0.525. The van der Waals surface area contributed by atoms with E-state index < -0.39 is 17.0 Å². The molecule has 1 rings (SSSR count). The average Bonchev–Trinajstić information content (AvgIpc) is 2.26. The van der Waals surface area contributed by atoms with Gasteiger partial charge in [-0.1, -0.05) is 6.92 Å². The second-order valence-electron chi connectivity index (χ2n) is 5.07. The maximum atomic E-state index is 11.9. The lowest BCUT2D eigenvalue weighted by Crippen LogP contribution is -2.52. The molecular formula is C11H20N2O4. The smallest absolute Gasteiger partial charge is 0.337 e. The summed E-state index contributed by atoms with van der Waals surface area (Å²) in [5.41, 5.74) is -2.39. The first-order valence-electron chi connectivity index (χ1n) is 5.73. The topological polar surface area (TPSA) is 98.7 Å². The summed E-state index contributed by atoms with van der Waals surface area (Å²) in [6, 6.07) is 0. The minimum Gasteiger partial charge on any atom is -0.479 e. The van der Waals surface area contributed by atoms with E-state index in [0.29, 0.717) is 12.8 Å². The Morgan fingerprint density at radius 3 is 2.41 bits per heavy atom. The highest BCUT2D eigenvalue weighted by Gasteiger charge is 2.37. The van der Waals surface area contributed by atoms with E-state index in [1.807, 2.05) is 6.92 Å². The number of amides is 1. The van der Waals surface area contributed by atoms with E-state index in [1.54, 1.807) is 0 Å². The number of hydrogen-bond donors (Lipinski definition) is 4. The molecule has 1 aliphatic rings. The van der Waals surface area contributed by atoms with Gasteiger partial charge in [-0.25, -0.2) is 4.79 Å². The molecule has 0 aliphatic carbocycles. The van der Waals surface area contributed by atoms with Crippen LogP contribution in [0.1, 0.15) is 26.7 Å². The van der Waals surface area contributed by atoms with Crippen LogP contribution >= 0.6 is 0 Å². The Bertz CT molecular complexity index is 309. The van der Waals surface area contributed by atoms with Gasteiger partial charge in [0.15, 0.2) is 5.60 Å². The lowest BCUT2D eigenvalue weighted by molar-refractivity contribution is -0.156. The average molecular weight is 244 g/mol. The zero-order chi connectivity index (χ0) is 13.1. The second-order valence-corrected chi connectivity index (χ2v) is 5.07. The van der Waals surface area contributed by atoms with Crippen molar-refractivity contribution in [2.75, 3.05) is 19.6 Å². The van der Waals surface area contributed by atoms with Crippen LogP contribution in [0, 0.1) is 5.41 Å². The summed E-state index contributed by atoms with van der Waals surface area (Å²) < 4.78 is 0. The normalized spacial score (nSPS) is 22.5. The molecule has 17 heavy (non-hydrogen) atoms. The molecular weight excluding hydrogens is 224 g/mol. The van der Waals surface area contributed by atoms with E-state index in [9.17, 15) is 14.7 Å². The van der Waals surface area contributed by atoms with Gasteiger partial charge in [-0.15, -0.1) is 0 Å². The predicted molar refractivity (Wildman–Crippen MR) is 61.5 cm³/mol. The number of piperidine rings is 1. The number of carbonyl (C=O) groups excluding carboxylic acids is 1. The van der Waals surface area contributed by atoms with E-state index >= 15 is 0 Å². The molecule has 1 heterocycles. The highest BCUT2D eigenvalue weighted by molar-refractivity contribution is 5.84. The van der Waals surface area contributed by atoms with Crippen LogP contribution < -0.4 is 10.6 Å². The number of carbonyl (C=O) groups is 2. The van der Waals surface area contributed by atoms with Gasteiger partial charge < -0.3 is 20.8 Å². The second kappa shape index (κ2) is 5.01. The third-order valence-corrected chi connectivity index (χ3v) is 3.31. The first kappa shape index (κ1) is 13.9. The lowest BCUT2D eigenvalue weighted by Gasteiger charge is -2.33. The van der Waals surface area contributed by atoms with Crippen molar-refractivity contribution in [3.8, 4) is 0 Å². The Balaban J connectivity index is 2.52. The lowest BCUT2D eigenvalue weighted by atomic mass is 9.80. The van der Waals surface area contributed by atoms with E-state index in [2.05, 4.69) is 10.6 Å². The summed E-state index contributed by atoms with van der Waals surface area (Å²) in [4.78, 5) is 22.6. The first-order chi connectivity index (χ1) is 7.78. The molecule has 0 aromatic carbocycles. The molecule has 0 radical (unpaired) electrons. The van der Waals surface area contributed by atoms with Crippen LogP contribution in [0.25, 0.3) is 0 Å². The van der Waals surface area contributed by atoms with Crippen LogP contribution in [0.2, 0.25) is 0 Å². The molecule has 6 heteroatoms. The predicted octanol–water partition coefficient (Wildman–Crippen LogP) is -0.672. The molecule has 1 unspecified atom stereocenters. The number of rotatable bonds is 4. The molecule has 1 atom stereocenters. The molecule has 0 aromatic heterocycles. The fourth-order valence-electron chi connectivity index (χ4n) is 1.75. The van der Waals surface area contributed by atoms with Gasteiger partial charge in [-0.05, 0) is 32.9 Å². The van der Waals surface area contributed by atoms with Crippen LogP contribution in [0.5, 0.6) is 0 Å². The Kier molecular flexibility index (Phi) is 4.11. The first-order valence-corrected chi connectivity index (χ1v) is 5.73. The van der Waals surface area contributed by atoms with Crippen molar-refractivity contribution in [2.24, 2.45) is 5.41 Å². The summed E-state index contributed by atoms with van der Waals surface area (Å²) in [5.74, 6) is -1.53. The van der Waals surface area contributed by atoms with Crippen molar-refractivity contribution in [3.05, 3.63) is 0 Å². The Morgan fingerprint density at radius 1 is 1.41 bits per heavy atom. The number of carboxylic acids is 1. The van der Waals surface area contributed by atoms with Gasteiger partial charge in [0.1, 0.15) is 0 Å². The van der Waals surface area contributed by atoms with E-state index in [4.69, 9.17) is 5.11 Å². The van der Waals surface area contributed by atoms with Crippen LogP contribution in [0.4, 0.5) is 0 Å². The fraction of sp³-hybridized carbons (Fsp3) is 0.818. The molecule has 1 aliphatic heterocycles. The molecule has 1 amide bonds. The van der Waals surface area contributed by atoms with Crippen molar-refractivity contribution >= 4 is 11.9 Å². The minimum absolute atomic E-state index is 0.194. The summed E-state index contributed by atoms with van der Waals surface area (Å²) in [7, 11) is 0. The summed E-state index contributed by atoms with van der Waals surface area (Å²) >= 11 is 0. The van der Waals surface area contributed by atoms with Gasteiger partial charge in [0.05, 0.1) is 6.54 Å². The summed E-state index contributed by atoms with van der Waals surface area (Å²) in [6.07, 6.45) is 1.43. The van der Waals surface area contributed by atoms with E-state index in [1.165, 1.54) is 6.92 Å². The monoisotopic (exact) mass is 244 g/mol. The van der Waals surface area contributed by atoms with Gasteiger partial charge >= 0.3 is 5.97 Å². The molecule has 1 saturated heterocycles. The Morgan fingerprint density at radius 2 is 1.94 bits per heavy atom. The van der Waals surface area contributed by atoms with Crippen molar-refractivity contribution in [1.29, 1.82) is 0 Å². The minimum atomic E-state index is -1.92. The van der Waals surface area contributed by atoms with Crippen molar-refractivity contribution in [1.82, 2.24) is 10.6 Å². The van der Waals surface area contributed by atoms with Crippen LogP contribution in [-0.2, 0) is 9.59 Å². The molecule has 6 nitrogen and oxygen atoms in total. The Hall–Kier alpha value is -1.14. The highest BCUT2D eigenvalue weighted by atomic mass is 16.4. The third-order valence-electron chi connectivity index (χ3n) is 3.31. The fourth-order valence-corrected chi connectivity index (χ4v) is 1.75. The highest BCUT2D eigenvalue weighted by Crippen LogP contribution is 2.27. The Labute approximate surface area is 100 Å². The van der Waals surface area contributed by atoms with Gasteiger partial charge in [0, 0.05) is 5.41 Å². The van der Waals surface area contributed by atoms with Crippen molar-refractivity contribution in [3.63, 3.8) is 0 Å². The number of nitrogens with one attached hydrogen (secondary N) is 2. The largest absolute Gasteiger partial charge is 0.479 e.